The van der Waals surface area contributed by atoms with Gasteiger partial charge in [0.15, 0.2) is 21.3 Å². The molecule has 1 amide bonds. The van der Waals surface area contributed by atoms with E-state index in [1.165, 1.54) is 30.0 Å². The molecule has 236 valence electrons. The molecule has 0 spiro atoms. The maximum absolute atomic E-state index is 14.3. The predicted molar refractivity (Wildman–Crippen MR) is 159 cm³/mol. The summed E-state index contributed by atoms with van der Waals surface area (Å²) in [6, 6.07) is 5.97. The first kappa shape index (κ1) is 30.8. The van der Waals surface area contributed by atoms with Crippen molar-refractivity contribution >= 4 is 60.9 Å². The zero-order chi connectivity index (χ0) is 31.6. The molecule has 1 aromatic carbocycles. The Labute approximate surface area is 255 Å². The van der Waals surface area contributed by atoms with Gasteiger partial charge in [-0.05, 0) is 45.2 Å². The van der Waals surface area contributed by atoms with Gasteiger partial charge in [-0.3, -0.25) is 14.4 Å². The summed E-state index contributed by atoms with van der Waals surface area (Å²) in [7, 11) is -3.83. The first-order valence-electron chi connectivity index (χ1n) is 14.0. The molecule has 1 aliphatic carbocycles. The van der Waals surface area contributed by atoms with Gasteiger partial charge in [0.2, 0.25) is 5.91 Å². The van der Waals surface area contributed by atoms with Crippen LogP contribution < -0.4 is 10.6 Å². The van der Waals surface area contributed by atoms with E-state index < -0.39 is 52.5 Å². The number of anilines is 3. The van der Waals surface area contributed by atoms with Crippen molar-refractivity contribution in [2.24, 2.45) is 10.9 Å². The van der Waals surface area contributed by atoms with Crippen molar-refractivity contribution in [2.45, 2.75) is 68.5 Å². The highest BCUT2D eigenvalue weighted by atomic mass is 32.2. The molecule has 2 aromatic heterocycles. The minimum atomic E-state index is -3.83. The van der Waals surface area contributed by atoms with Gasteiger partial charge >= 0.3 is 0 Å². The van der Waals surface area contributed by atoms with Crippen LogP contribution in [0, 0.1) is 5.92 Å². The number of benzene rings is 1. The molecule has 0 radical (unpaired) electrons. The van der Waals surface area contributed by atoms with Crippen LogP contribution in [0.25, 0.3) is 11.2 Å². The number of hydrogen-bond donors (Lipinski definition) is 2. The topological polar surface area (TPSA) is 128 Å². The van der Waals surface area contributed by atoms with Gasteiger partial charge in [0.25, 0.3) is 12.3 Å². The Morgan fingerprint density at radius 3 is 2.50 bits per heavy atom. The van der Waals surface area contributed by atoms with Crippen LogP contribution in [-0.2, 0) is 19.4 Å². The maximum atomic E-state index is 14.3. The van der Waals surface area contributed by atoms with Crippen LogP contribution in [0.5, 0.6) is 0 Å². The van der Waals surface area contributed by atoms with Crippen molar-refractivity contribution < 1.29 is 35.5 Å². The fraction of sp³-hybridized carbons (Fsp3) is 0.500. The van der Waals surface area contributed by atoms with Gasteiger partial charge in [-0.1, -0.05) is 6.07 Å². The molecule has 2 atom stereocenters. The molecule has 44 heavy (non-hydrogen) atoms. The fourth-order valence-electron chi connectivity index (χ4n) is 5.26. The lowest BCUT2D eigenvalue weighted by Crippen LogP contribution is -2.21. The van der Waals surface area contributed by atoms with Gasteiger partial charge in [0.1, 0.15) is 23.5 Å². The lowest BCUT2D eigenvalue weighted by Gasteiger charge is -2.25. The normalized spacial score (nSPS) is 22.7. The number of nitrogens with zero attached hydrogens (tertiary/aromatic N) is 4. The molecule has 1 saturated carbocycles. The molecule has 6 rings (SSSR count). The number of alkyl halides is 4. The molecular weight excluding hydrogens is 624 g/mol. The fourth-order valence-corrected chi connectivity index (χ4v) is 7.28. The number of hydrogen-bond acceptors (Lipinski definition) is 9. The second kappa shape index (κ2) is 11.0. The van der Waals surface area contributed by atoms with Crippen molar-refractivity contribution in [2.75, 3.05) is 29.2 Å². The highest BCUT2D eigenvalue weighted by Gasteiger charge is 2.61. The second-order valence-corrected chi connectivity index (χ2v) is 14.8. The molecule has 2 N–H and O–H groups in total. The molecule has 4 heterocycles. The number of aromatic nitrogens is 3. The Hall–Kier alpha value is -3.24. The number of amides is 1. The third kappa shape index (κ3) is 6.03. The third-order valence-corrected chi connectivity index (χ3v) is 10.2. The largest absolute Gasteiger partial charge is 0.358 e. The SMILES string of the molecule is CC1(C)CSC(c2ccc(Nc3cc(NC(=O)C4CC4(F)F)nc4c3nc(C(F)F)n4C3CCCCO3)c(S(C)(=O)=O)c2)=N1. The van der Waals surface area contributed by atoms with Crippen LogP contribution >= 0.6 is 11.8 Å². The van der Waals surface area contributed by atoms with Gasteiger partial charge < -0.3 is 15.4 Å². The molecule has 3 aromatic rings. The number of rotatable bonds is 8. The molecule has 2 fully saturated rings. The summed E-state index contributed by atoms with van der Waals surface area (Å²) in [6.45, 7) is 4.28. The van der Waals surface area contributed by atoms with Crippen LogP contribution in [0.3, 0.4) is 0 Å². The number of carbonyl (C=O) groups is 1. The molecular formula is C28H30F4N6O4S2. The molecule has 1 saturated heterocycles. The Morgan fingerprint density at radius 2 is 1.91 bits per heavy atom. The van der Waals surface area contributed by atoms with E-state index in [1.54, 1.807) is 6.07 Å². The van der Waals surface area contributed by atoms with E-state index in [0.29, 0.717) is 30.1 Å². The molecule has 10 nitrogen and oxygen atoms in total. The lowest BCUT2D eigenvalue weighted by molar-refractivity contribution is -0.119. The zero-order valence-corrected chi connectivity index (χ0v) is 25.7. The highest BCUT2D eigenvalue weighted by Crippen LogP contribution is 2.49. The zero-order valence-electron chi connectivity index (χ0n) is 24.0. The Bertz CT molecular complexity index is 1790. The summed E-state index contributed by atoms with van der Waals surface area (Å²) in [5, 5.41) is 6.04. The van der Waals surface area contributed by atoms with Crippen molar-refractivity contribution in [3.8, 4) is 0 Å². The second-order valence-electron chi connectivity index (χ2n) is 11.8. The van der Waals surface area contributed by atoms with Crippen molar-refractivity contribution in [3.63, 3.8) is 0 Å². The number of carbonyl (C=O) groups excluding carboxylic acids is 1. The summed E-state index contributed by atoms with van der Waals surface area (Å²) in [4.78, 5) is 25.7. The lowest BCUT2D eigenvalue weighted by atomic mass is 10.1. The van der Waals surface area contributed by atoms with E-state index in [1.807, 2.05) is 13.8 Å². The number of ether oxygens (including phenoxy) is 1. The predicted octanol–water partition coefficient (Wildman–Crippen LogP) is 6.08. The van der Waals surface area contributed by atoms with E-state index in [4.69, 9.17) is 4.74 Å². The number of thioether (sulfide) groups is 1. The quantitative estimate of drug-likeness (QED) is 0.280. The van der Waals surface area contributed by atoms with Gasteiger partial charge in [-0.25, -0.2) is 35.9 Å². The van der Waals surface area contributed by atoms with E-state index in [2.05, 4.69) is 25.6 Å². The van der Waals surface area contributed by atoms with E-state index >= 15 is 0 Å². The molecule has 3 aliphatic rings. The van der Waals surface area contributed by atoms with Crippen molar-refractivity contribution in [1.29, 1.82) is 0 Å². The van der Waals surface area contributed by atoms with E-state index in [-0.39, 0.29) is 38.8 Å². The number of sulfone groups is 1. The van der Waals surface area contributed by atoms with Crippen LogP contribution in [0.4, 0.5) is 34.8 Å². The van der Waals surface area contributed by atoms with E-state index in [9.17, 15) is 30.8 Å². The summed E-state index contributed by atoms with van der Waals surface area (Å²) < 4.78 is 88.7. The number of imidazole rings is 1. The third-order valence-electron chi connectivity index (χ3n) is 7.57. The maximum Gasteiger partial charge on any atom is 0.295 e. The summed E-state index contributed by atoms with van der Waals surface area (Å²) >= 11 is 1.51. The van der Waals surface area contributed by atoms with Crippen LogP contribution in [0.1, 0.15) is 63.6 Å². The van der Waals surface area contributed by atoms with Crippen LogP contribution in [-0.4, -0.2) is 64.0 Å². The standard InChI is InChI=1S/C28H30F4N6O4S2/c1-27(2)13-43-26(37-27)14-7-8-16(18(10-14)44(3,40)41)33-17-11-19(35-25(39)15-12-28(15,31)32)34-23-21(17)36-24(22(29)30)38(23)20-6-4-5-9-42-20/h7-8,10-11,15,20,22H,4-6,9,12-13H2,1-3H3,(H2,33,34,35,39). The number of pyridine rings is 1. The molecule has 16 heteroatoms. The summed E-state index contributed by atoms with van der Waals surface area (Å²) in [5.41, 5.74) is 0.329. The minimum absolute atomic E-state index is 0.0368. The van der Waals surface area contributed by atoms with Crippen LogP contribution in [0.2, 0.25) is 0 Å². The summed E-state index contributed by atoms with van der Waals surface area (Å²) in [5.74, 6) is -5.74. The van der Waals surface area contributed by atoms with E-state index in [0.717, 1.165) is 23.0 Å². The van der Waals surface area contributed by atoms with Gasteiger partial charge in [-0.15, -0.1) is 11.8 Å². The first-order chi connectivity index (χ1) is 20.6. The summed E-state index contributed by atoms with van der Waals surface area (Å²) in [6.07, 6.45) is -1.56. The van der Waals surface area contributed by atoms with Gasteiger partial charge in [-0.2, -0.15) is 0 Å². The number of nitrogens with one attached hydrogen (secondary N) is 2. The molecule has 2 unspecified atom stereocenters. The monoisotopic (exact) mass is 654 g/mol. The first-order valence-corrected chi connectivity index (χ1v) is 16.9. The number of halogens is 4. The highest BCUT2D eigenvalue weighted by molar-refractivity contribution is 8.14. The number of aliphatic imine (C=N–C) groups is 1. The Kier molecular flexibility index (Phi) is 7.68. The van der Waals surface area contributed by atoms with Gasteiger partial charge in [0.05, 0.1) is 26.9 Å². The van der Waals surface area contributed by atoms with Crippen LogP contribution in [0.15, 0.2) is 34.2 Å². The molecule has 0 bridgehead atoms. The Balaban J connectivity index is 1.48. The Morgan fingerprint density at radius 1 is 1.16 bits per heavy atom. The average Bonchev–Trinajstić information content (AvgIpc) is 3.24. The molecule has 2 aliphatic heterocycles. The smallest absolute Gasteiger partial charge is 0.295 e. The minimum Gasteiger partial charge on any atom is -0.358 e. The average molecular weight is 655 g/mol. The van der Waals surface area contributed by atoms with Crippen molar-refractivity contribution in [3.05, 3.63) is 35.7 Å². The van der Waals surface area contributed by atoms with Gasteiger partial charge in [0, 0.05) is 36.7 Å². The number of fused-ring (bicyclic) bond motifs is 1. The van der Waals surface area contributed by atoms with Crippen molar-refractivity contribution in [1.82, 2.24) is 14.5 Å².